The van der Waals surface area contributed by atoms with Gasteiger partial charge in [0.15, 0.2) is 0 Å². The highest BCUT2D eigenvalue weighted by Gasteiger charge is 2.38. The number of halogens is 2. The molecule has 1 fully saturated rings. The zero-order valence-corrected chi connectivity index (χ0v) is 18.9. The molecule has 2 N–H and O–H groups in total. The van der Waals surface area contributed by atoms with Gasteiger partial charge in [-0.15, -0.1) is 0 Å². The number of hydrogen-bond acceptors (Lipinski definition) is 4. The third-order valence-electron chi connectivity index (χ3n) is 6.36. The van der Waals surface area contributed by atoms with E-state index < -0.39 is 23.3 Å². The Kier molecular flexibility index (Phi) is 5.88. The number of likely N-dealkylation sites (tertiary alicyclic amines) is 1. The lowest BCUT2D eigenvalue weighted by Crippen LogP contribution is -2.53. The van der Waals surface area contributed by atoms with Crippen molar-refractivity contribution in [2.24, 2.45) is 5.92 Å². The zero-order chi connectivity index (χ0) is 23.2. The number of carbonyl (C=O) groups excluding carboxylic acids is 1. The molecule has 2 heterocycles. The van der Waals surface area contributed by atoms with E-state index >= 15 is 8.78 Å². The maximum atomic E-state index is 15.2. The van der Waals surface area contributed by atoms with E-state index in [1.165, 1.54) is 18.2 Å². The number of nitrogens with zero attached hydrogens (tertiary/aromatic N) is 1. The van der Waals surface area contributed by atoms with Gasteiger partial charge in [-0.25, -0.2) is 13.6 Å². The van der Waals surface area contributed by atoms with E-state index in [4.69, 9.17) is 4.74 Å². The second-order valence-electron chi connectivity index (χ2n) is 9.85. The molecule has 0 saturated carbocycles. The summed E-state index contributed by atoms with van der Waals surface area (Å²) in [6.45, 7) is 8.97. The number of nitrogens with one attached hydrogen (secondary N) is 1. The minimum atomic E-state index is -0.602. The van der Waals surface area contributed by atoms with Gasteiger partial charge in [-0.05, 0) is 74.1 Å². The van der Waals surface area contributed by atoms with Gasteiger partial charge in [0, 0.05) is 31.1 Å². The van der Waals surface area contributed by atoms with Crippen LogP contribution in [0.1, 0.15) is 61.9 Å². The van der Waals surface area contributed by atoms with E-state index in [0.29, 0.717) is 31.6 Å². The quantitative estimate of drug-likeness (QED) is 0.709. The van der Waals surface area contributed by atoms with E-state index in [0.717, 1.165) is 11.1 Å². The monoisotopic (exact) mass is 444 g/mol. The van der Waals surface area contributed by atoms with Crippen molar-refractivity contribution in [1.29, 1.82) is 0 Å². The predicted octanol–water partition coefficient (Wildman–Crippen LogP) is 4.88. The molecule has 4 rings (SSSR count). The Balaban J connectivity index is 1.50. The maximum Gasteiger partial charge on any atom is 0.410 e. The van der Waals surface area contributed by atoms with Crippen molar-refractivity contribution in [3.63, 3.8) is 0 Å². The van der Waals surface area contributed by atoms with Crippen LogP contribution < -0.4 is 5.32 Å². The van der Waals surface area contributed by atoms with Gasteiger partial charge >= 0.3 is 6.09 Å². The number of carbonyl (C=O) groups is 1. The molecule has 0 aromatic heterocycles. The molecule has 0 aliphatic carbocycles. The number of phenolic OH excluding ortho intramolecular Hbond substituents is 1. The van der Waals surface area contributed by atoms with Gasteiger partial charge in [0.25, 0.3) is 0 Å². The Morgan fingerprint density at radius 2 is 1.84 bits per heavy atom. The predicted molar refractivity (Wildman–Crippen MR) is 118 cm³/mol. The lowest BCUT2D eigenvalue weighted by molar-refractivity contribution is -0.00421. The minimum absolute atomic E-state index is 0.00317. The van der Waals surface area contributed by atoms with Crippen LogP contribution in [-0.2, 0) is 11.2 Å². The van der Waals surface area contributed by atoms with Crippen LogP contribution in [-0.4, -0.2) is 41.3 Å². The molecule has 1 amide bonds. The number of hydrogen-bond donors (Lipinski definition) is 2. The first-order valence-corrected chi connectivity index (χ1v) is 11.1. The van der Waals surface area contributed by atoms with Crippen molar-refractivity contribution in [1.82, 2.24) is 10.2 Å². The van der Waals surface area contributed by atoms with Gasteiger partial charge in [0.2, 0.25) is 0 Å². The Bertz CT molecular complexity index is 1010. The molecule has 2 aliphatic heterocycles. The molecule has 2 aliphatic rings. The second kappa shape index (κ2) is 8.35. The van der Waals surface area contributed by atoms with Gasteiger partial charge in [-0.1, -0.05) is 13.0 Å². The number of benzene rings is 2. The third-order valence-corrected chi connectivity index (χ3v) is 6.36. The van der Waals surface area contributed by atoms with Gasteiger partial charge in [0.1, 0.15) is 23.0 Å². The first-order chi connectivity index (χ1) is 15.0. The van der Waals surface area contributed by atoms with Crippen LogP contribution in [0.15, 0.2) is 30.3 Å². The topological polar surface area (TPSA) is 61.8 Å². The van der Waals surface area contributed by atoms with Crippen molar-refractivity contribution in [3.8, 4) is 5.75 Å². The molecule has 32 heavy (non-hydrogen) atoms. The zero-order valence-electron chi connectivity index (χ0n) is 18.9. The Morgan fingerprint density at radius 3 is 2.47 bits per heavy atom. The summed E-state index contributed by atoms with van der Waals surface area (Å²) in [6.07, 6.45) is 0.329. The molecule has 0 spiro atoms. The number of rotatable bonds is 3. The fraction of sp³-hybridized carbons (Fsp3) is 0.480. The Labute approximate surface area is 187 Å². The standard InChI is InChI=1S/C25H30F2N2O3/c1-14(17-12-29(13-17)24(31)32-25(2,3)4)16-10-20(26)22(21(27)11-16)23-19-6-5-18(30)9-15(19)7-8-28-23/h5-6,9-11,14,17,23,28,30H,7-8,12-13H2,1-4H3. The summed E-state index contributed by atoms with van der Waals surface area (Å²) in [4.78, 5) is 13.8. The van der Waals surface area contributed by atoms with Crippen molar-refractivity contribution in [2.45, 2.75) is 51.7 Å². The van der Waals surface area contributed by atoms with Crippen LogP contribution in [0.5, 0.6) is 5.75 Å². The summed E-state index contributed by atoms with van der Waals surface area (Å²) < 4.78 is 35.8. The van der Waals surface area contributed by atoms with Crippen molar-refractivity contribution >= 4 is 6.09 Å². The number of amides is 1. The van der Waals surface area contributed by atoms with Gasteiger partial charge in [0.05, 0.1) is 6.04 Å². The lowest BCUT2D eigenvalue weighted by Gasteiger charge is -2.42. The molecule has 2 aromatic rings. The molecule has 2 unspecified atom stereocenters. The normalized spacial score (nSPS) is 19.8. The van der Waals surface area contributed by atoms with E-state index in [1.54, 1.807) is 17.0 Å². The molecule has 7 heteroatoms. The first-order valence-electron chi connectivity index (χ1n) is 11.1. The fourth-order valence-electron chi connectivity index (χ4n) is 4.53. The van der Waals surface area contributed by atoms with Crippen molar-refractivity contribution in [2.75, 3.05) is 19.6 Å². The number of aromatic hydroxyl groups is 1. The minimum Gasteiger partial charge on any atom is -0.508 e. The van der Waals surface area contributed by atoms with Gasteiger partial charge < -0.3 is 20.1 Å². The largest absolute Gasteiger partial charge is 0.508 e. The summed E-state index contributed by atoms with van der Waals surface area (Å²) in [6, 6.07) is 7.14. The highest BCUT2D eigenvalue weighted by atomic mass is 19.1. The van der Waals surface area contributed by atoms with Crippen molar-refractivity contribution in [3.05, 3.63) is 64.2 Å². The van der Waals surface area contributed by atoms with Crippen LogP contribution >= 0.6 is 0 Å². The van der Waals surface area contributed by atoms with E-state index in [-0.39, 0.29) is 29.2 Å². The molecule has 172 valence electrons. The summed E-state index contributed by atoms with van der Waals surface area (Å²) in [7, 11) is 0. The van der Waals surface area contributed by atoms with Crippen LogP contribution in [0.3, 0.4) is 0 Å². The molecular formula is C25H30F2N2O3. The Morgan fingerprint density at radius 1 is 1.19 bits per heavy atom. The van der Waals surface area contributed by atoms with Crippen LogP contribution in [0.25, 0.3) is 0 Å². The average molecular weight is 445 g/mol. The van der Waals surface area contributed by atoms with Crippen LogP contribution in [0, 0.1) is 17.6 Å². The van der Waals surface area contributed by atoms with E-state index in [1.807, 2.05) is 27.7 Å². The molecule has 5 nitrogen and oxygen atoms in total. The molecule has 0 radical (unpaired) electrons. The molecule has 0 bridgehead atoms. The number of phenols is 1. The lowest BCUT2D eigenvalue weighted by atomic mass is 9.81. The summed E-state index contributed by atoms with van der Waals surface area (Å²) in [5, 5.41) is 12.9. The summed E-state index contributed by atoms with van der Waals surface area (Å²) in [5.74, 6) is -1.02. The summed E-state index contributed by atoms with van der Waals surface area (Å²) in [5.41, 5.74) is 1.69. The van der Waals surface area contributed by atoms with Crippen molar-refractivity contribution < 1.29 is 23.4 Å². The molecule has 2 aromatic carbocycles. The third kappa shape index (κ3) is 4.44. The first kappa shape index (κ1) is 22.5. The highest BCUT2D eigenvalue weighted by molar-refractivity contribution is 5.69. The Hall–Kier alpha value is -2.67. The van der Waals surface area contributed by atoms with E-state index in [2.05, 4.69) is 5.32 Å². The maximum absolute atomic E-state index is 15.2. The van der Waals surface area contributed by atoms with Gasteiger partial charge in [-0.2, -0.15) is 0 Å². The number of fused-ring (bicyclic) bond motifs is 1. The molecule has 1 saturated heterocycles. The smallest absolute Gasteiger partial charge is 0.410 e. The summed E-state index contributed by atoms with van der Waals surface area (Å²) >= 11 is 0. The second-order valence-corrected chi connectivity index (χ2v) is 9.85. The fourth-order valence-corrected chi connectivity index (χ4v) is 4.53. The highest BCUT2D eigenvalue weighted by Crippen LogP contribution is 2.37. The van der Waals surface area contributed by atoms with E-state index in [9.17, 15) is 9.90 Å². The SMILES string of the molecule is CC(c1cc(F)c(C2NCCc3cc(O)ccc32)c(F)c1)C1CN(C(=O)OC(C)(C)C)C1. The van der Waals surface area contributed by atoms with Crippen LogP contribution in [0.4, 0.5) is 13.6 Å². The number of ether oxygens (including phenoxy) is 1. The molecular weight excluding hydrogens is 414 g/mol. The average Bonchev–Trinajstić information content (AvgIpc) is 2.64. The molecule has 2 atom stereocenters. The van der Waals surface area contributed by atoms with Gasteiger partial charge in [-0.3, -0.25) is 0 Å². The van der Waals surface area contributed by atoms with Crippen LogP contribution in [0.2, 0.25) is 0 Å².